The first-order chi connectivity index (χ1) is 12.3. The van der Waals surface area contributed by atoms with Crippen LogP contribution in [0.5, 0.6) is 5.75 Å². The zero-order chi connectivity index (χ0) is 19.3. The Bertz CT molecular complexity index is 872. The molecule has 0 fully saturated rings. The monoisotopic (exact) mass is 366 g/mol. The van der Waals surface area contributed by atoms with E-state index in [1.807, 2.05) is 0 Å². The van der Waals surface area contributed by atoms with Crippen LogP contribution >= 0.6 is 0 Å². The molecule has 0 radical (unpaired) electrons. The Morgan fingerprint density at radius 2 is 1.92 bits per heavy atom. The number of nitrogens with one attached hydrogen (secondary N) is 1. The number of non-ortho nitro benzene ring substituents is 1. The van der Waals surface area contributed by atoms with Crippen LogP contribution in [0.3, 0.4) is 0 Å². The van der Waals surface area contributed by atoms with Gasteiger partial charge in [0.15, 0.2) is 6.61 Å². The van der Waals surface area contributed by atoms with Crippen molar-refractivity contribution in [2.75, 3.05) is 19.0 Å². The molecule has 0 spiro atoms. The van der Waals surface area contributed by atoms with Gasteiger partial charge in [0.1, 0.15) is 17.4 Å². The molecule has 0 aliphatic rings. The van der Waals surface area contributed by atoms with Crippen LogP contribution in [0.1, 0.15) is 10.4 Å². The predicted octanol–water partition coefficient (Wildman–Crippen LogP) is 2.68. The predicted molar refractivity (Wildman–Crippen MR) is 84.9 cm³/mol. The molecule has 0 aromatic heterocycles. The van der Waals surface area contributed by atoms with Crippen LogP contribution in [-0.2, 0) is 9.53 Å². The van der Waals surface area contributed by atoms with E-state index in [1.165, 1.54) is 19.2 Å². The minimum Gasteiger partial charge on any atom is -0.495 e. The van der Waals surface area contributed by atoms with Gasteiger partial charge in [0.2, 0.25) is 0 Å². The molecular formula is C16H12F2N2O6. The third kappa shape index (κ3) is 4.50. The average Bonchev–Trinajstić information content (AvgIpc) is 2.59. The second-order valence-corrected chi connectivity index (χ2v) is 4.89. The molecule has 0 aliphatic heterocycles. The molecular weight excluding hydrogens is 354 g/mol. The number of carbonyl (C=O) groups excluding carboxylic acids is 2. The van der Waals surface area contributed by atoms with Gasteiger partial charge in [0.05, 0.1) is 23.3 Å². The summed E-state index contributed by atoms with van der Waals surface area (Å²) in [6, 6.07) is 5.80. The number of carbonyl (C=O) groups is 2. The quantitative estimate of drug-likeness (QED) is 0.478. The van der Waals surface area contributed by atoms with E-state index in [4.69, 9.17) is 4.74 Å². The van der Waals surface area contributed by atoms with Gasteiger partial charge in [-0.15, -0.1) is 0 Å². The fourth-order valence-electron chi connectivity index (χ4n) is 1.96. The Balaban J connectivity index is 2.03. The van der Waals surface area contributed by atoms with E-state index in [2.05, 4.69) is 10.1 Å². The zero-order valence-electron chi connectivity index (χ0n) is 13.3. The molecule has 26 heavy (non-hydrogen) atoms. The van der Waals surface area contributed by atoms with E-state index in [9.17, 15) is 28.5 Å². The maximum absolute atomic E-state index is 13.5. The van der Waals surface area contributed by atoms with Crippen LogP contribution in [0, 0.1) is 21.7 Å². The standard InChI is InChI=1S/C16H12F2N2O6/c1-25-14-5-3-10(20(23)24)7-13(14)19-15(21)8-26-16(22)11-4-2-9(17)6-12(11)18/h2-7H,8H2,1H3,(H,19,21). The summed E-state index contributed by atoms with van der Waals surface area (Å²) in [5, 5.41) is 13.1. The van der Waals surface area contributed by atoms with Gasteiger partial charge in [-0.1, -0.05) is 0 Å². The van der Waals surface area contributed by atoms with Gasteiger partial charge in [0, 0.05) is 18.2 Å². The lowest BCUT2D eigenvalue weighted by molar-refractivity contribution is -0.384. The summed E-state index contributed by atoms with van der Waals surface area (Å²) in [5.41, 5.74) is -0.825. The molecule has 0 atom stereocenters. The molecule has 0 saturated heterocycles. The van der Waals surface area contributed by atoms with Gasteiger partial charge in [-0.25, -0.2) is 13.6 Å². The van der Waals surface area contributed by atoms with Gasteiger partial charge in [-0.3, -0.25) is 14.9 Å². The minimum absolute atomic E-state index is 0.00397. The van der Waals surface area contributed by atoms with E-state index in [0.717, 1.165) is 18.2 Å². The van der Waals surface area contributed by atoms with Crippen molar-refractivity contribution in [3.63, 3.8) is 0 Å². The largest absolute Gasteiger partial charge is 0.495 e. The fraction of sp³-hybridized carbons (Fsp3) is 0.125. The second kappa shape index (κ2) is 8.01. The molecule has 0 saturated carbocycles. The van der Waals surface area contributed by atoms with Gasteiger partial charge >= 0.3 is 5.97 Å². The average molecular weight is 366 g/mol. The Morgan fingerprint density at radius 1 is 1.19 bits per heavy atom. The van der Waals surface area contributed by atoms with E-state index in [-0.39, 0.29) is 17.1 Å². The maximum Gasteiger partial charge on any atom is 0.341 e. The number of hydrogen-bond donors (Lipinski definition) is 1. The maximum atomic E-state index is 13.5. The van der Waals surface area contributed by atoms with Crippen LogP contribution in [-0.4, -0.2) is 30.5 Å². The zero-order valence-corrected chi connectivity index (χ0v) is 13.3. The lowest BCUT2D eigenvalue weighted by Gasteiger charge is -2.10. The SMILES string of the molecule is COc1ccc([N+](=O)[O-])cc1NC(=O)COC(=O)c1ccc(F)cc1F. The van der Waals surface area contributed by atoms with E-state index < -0.39 is 40.6 Å². The van der Waals surface area contributed by atoms with Gasteiger partial charge < -0.3 is 14.8 Å². The molecule has 136 valence electrons. The highest BCUT2D eigenvalue weighted by molar-refractivity contribution is 5.96. The summed E-state index contributed by atoms with van der Waals surface area (Å²) >= 11 is 0. The summed E-state index contributed by atoms with van der Waals surface area (Å²) in [6.07, 6.45) is 0. The van der Waals surface area contributed by atoms with Crippen molar-refractivity contribution in [2.24, 2.45) is 0 Å². The van der Waals surface area contributed by atoms with Crippen LogP contribution in [0.25, 0.3) is 0 Å². The summed E-state index contributed by atoms with van der Waals surface area (Å²) in [5.74, 6) is -3.84. The van der Waals surface area contributed by atoms with Crippen molar-refractivity contribution in [2.45, 2.75) is 0 Å². The molecule has 2 rings (SSSR count). The van der Waals surface area contributed by atoms with Crippen LogP contribution in [0.15, 0.2) is 36.4 Å². The van der Waals surface area contributed by atoms with E-state index in [0.29, 0.717) is 6.07 Å². The lowest BCUT2D eigenvalue weighted by atomic mass is 10.2. The number of rotatable bonds is 6. The van der Waals surface area contributed by atoms with Crippen LogP contribution < -0.4 is 10.1 Å². The van der Waals surface area contributed by atoms with Crippen LogP contribution in [0.4, 0.5) is 20.2 Å². The molecule has 10 heteroatoms. The molecule has 0 bridgehead atoms. The number of anilines is 1. The summed E-state index contributed by atoms with van der Waals surface area (Å²) in [4.78, 5) is 33.7. The third-order valence-electron chi connectivity index (χ3n) is 3.15. The Labute approximate surface area is 145 Å². The number of benzene rings is 2. The summed E-state index contributed by atoms with van der Waals surface area (Å²) < 4.78 is 35.9. The number of amides is 1. The molecule has 1 N–H and O–H groups in total. The van der Waals surface area contributed by atoms with Crippen LogP contribution in [0.2, 0.25) is 0 Å². The molecule has 2 aromatic carbocycles. The molecule has 0 aliphatic carbocycles. The lowest BCUT2D eigenvalue weighted by Crippen LogP contribution is -2.21. The van der Waals surface area contributed by atoms with Gasteiger partial charge in [0.25, 0.3) is 11.6 Å². The number of halogens is 2. The highest BCUT2D eigenvalue weighted by Gasteiger charge is 2.17. The first-order valence-corrected chi connectivity index (χ1v) is 7.06. The third-order valence-corrected chi connectivity index (χ3v) is 3.15. The van der Waals surface area contributed by atoms with Crippen molar-refractivity contribution in [1.29, 1.82) is 0 Å². The van der Waals surface area contributed by atoms with E-state index >= 15 is 0 Å². The Kier molecular flexibility index (Phi) is 5.78. The molecule has 1 amide bonds. The number of methoxy groups -OCH3 is 1. The Hall–Kier alpha value is -3.56. The summed E-state index contributed by atoms with van der Waals surface area (Å²) in [7, 11) is 1.30. The number of nitro benzene ring substituents is 1. The molecule has 0 heterocycles. The number of ether oxygens (including phenoxy) is 2. The van der Waals surface area contributed by atoms with Crippen molar-refractivity contribution in [3.8, 4) is 5.75 Å². The first kappa shape index (κ1) is 18.8. The van der Waals surface area contributed by atoms with Crippen molar-refractivity contribution in [1.82, 2.24) is 0 Å². The molecule has 2 aromatic rings. The number of nitro groups is 1. The topological polar surface area (TPSA) is 108 Å². The van der Waals surface area contributed by atoms with Crippen molar-refractivity contribution < 1.29 is 32.8 Å². The number of nitrogens with zero attached hydrogens (tertiary/aromatic N) is 1. The minimum atomic E-state index is -1.16. The highest BCUT2D eigenvalue weighted by Crippen LogP contribution is 2.28. The van der Waals surface area contributed by atoms with Crippen molar-refractivity contribution in [3.05, 3.63) is 63.7 Å². The molecule has 0 unspecified atom stereocenters. The first-order valence-electron chi connectivity index (χ1n) is 7.06. The molecule has 8 nitrogen and oxygen atoms in total. The fourth-order valence-corrected chi connectivity index (χ4v) is 1.96. The normalized spacial score (nSPS) is 10.1. The summed E-state index contributed by atoms with van der Waals surface area (Å²) in [6.45, 7) is -0.790. The highest BCUT2D eigenvalue weighted by atomic mass is 19.1. The van der Waals surface area contributed by atoms with Gasteiger partial charge in [-0.2, -0.15) is 0 Å². The number of hydrogen-bond acceptors (Lipinski definition) is 6. The van der Waals surface area contributed by atoms with Gasteiger partial charge in [-0.05, 0) is 18.2 Å². The van der Waals surface area contributed by atoms with E-state index in [1.54, 1.807) is 0 Å². The smallest absolute Gasteiger partial charge is 0.341 e. The number of esters is 1. The second-order valence-electron chi connectivity index (χ2n) is 4.89. The Morgan fingerprint density at radius 3 is 2.54 bits per heavy atom. The van der Waals surface area contributed by atoms with Crippen molar-refractivity contribution >= 4 is 23.3 Å².